The maximum Gasteiger partial charge on any atom is 0.242 e. The summed E-state index contributed by atoms with van der Waals surface area (Å²) in [7, 11) is 0. The molecule has 2 N–H and O–H groups in total. The molecule has 0 bridgehead atoms. The molecule has 2 heterocycles. The minimum Gasteiger partial charge on any atom is -0.354 e. The fourth-order valence-corrected chi connectivity index (χ4v) is 3.02. The molecule has 3 rings (SSSR count). The summed E-state index contributed by atoms with van der Waals surface area (Å²) in [5.41, 5.74) is 3.19. The Morgan fingerprint density at radius 1 is 1.32 bits per heavy atom. The molecule has 0 saturated heterocycles. The smallest absolute Gasteiger partial charge is 0.242 e. The fourth-order valence-electron chi connectivity index (χ4n) is 3.02. The SMILES string of the molecule is Cc1cccc2[nH]c(CCNC(=O)[C@H](C)n3ccnc3C(C)C)nc12. The Morgan fingerprint density at radius 3 is 2.84 bits per heavy atom. The van der Waals surface area contributed by atoms with Gasteiger partial charge in [-0.3, -0.25) is 4.79 Å². The zero-order chi connectivity index (χ0) is 18.0. The molecule has 1 amide bonds. The zero-order valence-electron chi connectivity index (χ0n) is 15.2. The van der Waals surface area contributed by atoms with Gasteiger partial charge in [0, 0.05) is 31.3 Å². The average molecular weight is 339 g/mol. The highest BCUT2D eigenvalue weighted by Crippen LogP contribution is 2.17. The van der Waals surface area contributed by atoms with E-state index in [1.54, 1.807) is 6.20 Å². The van der Waals surface area contributed by atoms with Crippen molar-refractivity contribution in [2.75, 3.05) is 6.54 Å². The van der Waals surface area contributed by atoms with E-state index in [1.165, 1.54) is 0 Å². The highest BCUT2D eigenvalue weighted by Gasteiger charge is 2.18. The number of hydrogen-bond donors (Lipinski definition) is 2. The molecule has 0 saturated carbocycles. The summed E-state index contributed by atoms with van der Waals surface area (Å²) < 4.78 is 1.94. The molecule has 25 heavy (non-hydrogen) atoms. The summed E-state index contributed by atoms with van der Waals surface area (Å²) in [4.78, 5) is 24.7. The molecular weight excluding hydrogens is 314 g/mol. The molecule has 2 aromatic heterocycles. The van der Waals surface area contributed by atoms with Gasteiger partial charge in [-0.15, -0.1) is 0 Å². The van der Waals surface area contributed by atoms with Gasteiger partial charge in [-0.2, -0.15) is 0 Å². The Balaban J connectivity index is 1.60. The second kappa shape index (κ2) is 7.09. The van der Waals surface area contributed by atoms with Gasteiger partial charge in [0.2, 0.25) is 5.91 Å². The number of fused-ring (bicyclic) bond motifs is 1. The van der Waals surface area contributed by atoms with Crippen molar-refractivity contribution in [3.8, 4) is 0 Å². The van der Waals surface area contributed by atoms with Gasteiger partial charge in [0.1, 0.15) is 17.7 Å². The van der Waals surface area contributed by atoms with Crippen LogP contribution in [-0.2, 0) is 11.2 Å². The van der Waals surface area contributed by atoms with E-state index >= 15 is 0 Å². The lowest BCUT2D eigenvalue weighted by Gasteiger charge is -2.17. The molecule has 6 nitrogen and oxygen atoms in total. The molecule has 1 atom stereocenters. The van der Waals surface area contributed by atoms with Gasteiger partial charge in [0.25, 0.3) is 0 Å². The summed E-state index contributed by atoms with van der Waals surface area (Å²) in [5, 5.41) is 3.00. The lowest BCUT2D eigenvalue weighted by Crippen LogP contribution is -2.33. The van der Waals surface area contributed by atoms with Crippen LogP contribution in [0.3, 0.4) is 0 Å². The number of para-hydroxylation sites is 1. The van der Waals surface area contributed by atoms with E-state index in [4.69, 9.17) is 0 Å². The number of benzene rings is 1. The average Bonchev–Trinajstić information content (AvgIpc) is 3.21. The van der Waals surface area contributed by atoms with Crippen molar-refractivity contribution < 1.29 is 4.79 Å². The quantitative estimate of drug-likeness (QED) is 0.724. The van der Waals surface area contributed by atoms with Crippen LogP contribution in [0.4, 0.5) is 0 Å². The van der Waals surface area contributed by atoms with Crippen LogP contribution in [0.15, 0.2) is 30.6 Å². The summed E-state index contributed by atoms with van der Waals surface area (Å²) in [6.07, 6.45) is 4.28. The number of carbonyl (C=O) groups is 1. The van der Waals surface area contributed by atoms with Crippen molar-refractivity contribution in [1.29, 1.82) is 0 Å². The van der Waals surface area contributed by atoms with Gasteiger partial charge in [-0.05, 0) is 25.5 Å². The van der Waals surface area contributed by atoms with Crippen LogP contribution in [0.25, 0.3) is 11.0 Å². The van der Waals surface area contributed by atoms with Gasteiger partial charge >= 0.3 is 0 Å². The van der Waals surface area contributed by atoms with Gasteiger partial charge in [0.15, 0.2) is 0 Å². The van der Waals surface area contributed by atoms with Crippen LogP contribution in [-0.4, -0.2) is 32.0 Å². The highest BCUT2D eigenvalue weighted by atomic mass is 16.2. The van der Waals surface area contributed by atoms with E-state index in [1.807, 2.05) is 42.8 Å². The van der Waals surface area contributed by atoms with E-state index in [2.05, 4.69) is 34.1 Å². The molecule has 0 unspecified atom stereocenters. The minimum atomic E-state index is -0.280. The Morgan fingerprint density at radius 2 is 2.12 bits per heavy atom. The molecular formula is C19H25N5O. The number of nitrogens with one attached hydrogen (secondary N) is 2. The van der Waals surface area contributed by atoms with Crippen molar-refractivity contribution in [1.82, 2.24) is 24.8 Å². The molecule has 0 fully saturated rings. The molecule has 132 valence electrons. The lowest BCUT2D eigenvalue weighted by molar-refractivity contribution is -0.123. The van der Waals surface area contributed by atoms with Gasteiger partial charge in [0.05, 0.1) is 11.0 Å². The number of aromatic nitrogens is 4. The Labute approximate surface area is 147 Å². The molecule has 0 radical (unpaired) electrons. The van der Waals surface area contributed by atoms with E-state index in [-0.39, 0.29) is 17.9 Å². The van der Waals surface area contributed by atoms with Crippen molar-refractivity contribution in [2.45, 2.75) is 46.1 Å². The maximum absolute atomic E-state index is 12.4. The third kappa shape index (κ3) is 3.57. The minimum absolute atomic E-state index is 0.00723. The number of H-pyrrole nitrogens is 1. The number of carbonyl (C=O) groups excluding carboxylic acids is 1. The van der Waals surface area contributed by atoms with Crippen LogP contribution in [0.2, 0.25) is 0 Å². The molecule has 6 heteroatoms. The number of aromatic amines is 1. The monoisotopic (exact) mass is 339 g/mol. The van der Waals surface area contributed by atoms with Crippen molar-refractivity contribution in [3.63, 3.8) is 0 Å². The maximum atomic E-state index is 12.4. The summed E-state index contributed by atoms with van der Waals surface area (Å²) >= 11 is 0. The number of aryl methyl sites for hydroxylation is 1. The number of hydrogen-bond acceptors (Lipinski definition) is 3. The number of rotatable bonds is 6. The largest absolute Gasteiger partial charge is 0.354 e. The Hall–Kier alpha value is -2.63. The first kappa shape index (κ1) is 17.2. The van der Waals surface area contributed by atoms with E-state index in [9.17, 15) is 4.79 Å². The van der Waals surface area contributed by atoms with E-state index in [0.29, 0.717) is 13.0 Å². The predicted octanol–water partition coefficient (Wildman–Crippen LogP) is 3.11. The van der Waals surface area contributed by atoms with Crippen LogP contribution in [0.5, 0.6) is 0 Å². The van der Waals surface area contributed by atoms with Gasteiger partial charge < -0.3 is 14.9 Å². The molecule has 0 aliphatic heterocycles. The first-order chi connectivity index (χ1) is 12.0. The fraction of sp³-hybridized carbons (Fsp3) is 0.421. The van der Waals surface area contributed by atoms with Crippen LogP contribution < -0.4 is 5.32 Å². The Kier molecular flexibility index (Phi) is 4.88. The number of imidazole rings is 2. The molecule has 3 aromatic rings. The third-order valence-electron chi connectivity index (χ3n) is 4.44. The van der Waals surface area contributed by atoms with Crippen LogP contribution in [0.1, 0.15) is 49.9 Å². The highest BCUT2D eigenvalue weighted by molar-refractivity contribution is 5.80. The molecule has 0 aliphatic rings. The number of amides is 1. The summed E-state index contributed by atoms with van der Waals surface area (Å²) in [5.74, 6) is 2.09. The second-order valence-corrected chi connectivity index (χ2v) is 6.72. The van der Waals surface area contributed by atoms with Gasteiger partial charge in [-0.25, -0.2) is 9.97 Å². The predicted molar refractivity (Wildman–Crippen MR) is 98.6 cm³/mol. The molecule has 1 aromatic carbocycles. The van der Waals surface area contributed by atoms with Gasteiger partial charge in [-0.1, -0.05) is 26.0 Å². The lowest BCUT2D eigenvalue weighted by atomic mass is 10.2. The normalized spacial score (nSPS) is 12.7. The summed E-state index contributed by atoms with van der Waals surface area (Å²) in [6, 6.07) is 5.80. The van der Waals surface area contributed by atoms with Crippen molar-refractivity contribution >= 4 is 16.9 Å². The second-order valence-electron chi connectivity index (χ2n) is 6.72. The van der Waals surface area contributed by atoms with Crippen molar-refractivity contribution in [2.24, 2.45) is 0 Å². The van der Waals surface area contributed by atoms with E-state index in [0.717, 1.165) is 28.2 Å². The molecule has 0 aliphatic carbocycles. The summed E-state index contributed by atoms with van der Waals surface area (Å²) in [6.45, 7) is 8.65. The first-order valence-electron chi connectivity index (χ1n) is 8.72. The standard InChI is InChI=1S/C19H25N5O/c1-12(2)18-20-10-11-24(18)14(4)19(25)21-9-8-16-22-15-7-5-6-13(3)17(15)23-16/h5-7,10-12,14H,8-9H2,1-4H3,(H,21,25)(H,22,23)/t14-/m0/s1. The first-order valence-corrected chi connectivity index (χ1v) is 8.72. The van der Waals surface area contributed by atoms with Crippen LogP contribution >= 0.6 is 0 Å². The van der Waals surface area contributed by atoms with Crippen molar-refractivity contribution in [3.05, 3.63) is 47.8 Å². The zero-order valence-corrected chi connectivity index (χ0v) is 15.2. The molecule has 0 spiro atoms. The topological polar surface area (TPSA) is 75.6 Å². The Bertz CT molecular complexity index is 877. The van der Waals surface area contributed by atoms with Crippen LogP contribution in [0, 0.1) is 6.92 Å². The number of nitrogens with zero attached hydrogens (tertiary/aromatic N) is 3. The third-order valence-corrected chi connectivity index (χ3v) is 4.44. The van der Waals surface area contributed by atoms with E-state index < -0.39 is 0 Å².